The average Bonchev–Trinajstić information content (AvgIpc) is 2.65. The molecule has 0 bridgehead atoms. The van der Waals surface area contributed by atoms with Gasteiger partial charge in [0.2, 0.25) is 0 Å². The van der Waals surface area contributed by atoms with Gasteiger partial charge in [0.1, 0.15) is 17.9 Å². The lowest BCUT2D eigenvalue weighted by Crippen LogP contribution is -2.02. The van der Waals surface area contributed by atoms with Crippen LogP contribution in [0, 0.1) is 10.1 Å². The van der Waals surface area contributed by atoms with Crippen LogP contribution in [-0.2, 0) is 13.0 Å². The van der Waals surface area contributed by atoms with Gasteiger partial charge < -0.3 is 9.15 Å². The summed E-state index contributed by atoms with van der Waals surface area (Å²) in [7, 11) is 0. The number of hydrogen-bond donors (Lipinski definition) is 0. The van der Waals surface area contributed by atoms with Crippen molar-refractivity contribution < 1.29 is 14.1 Å². The lowest BCUT2D eigenvalue weighted by molar-refractivity contribution is -0.384. The molecule has 0 aliphatic carbocycles. The first kappa shape index (κ1) is 18.9. The minimum absolute atomic E-state index is 0.0175. The average molecular weight is 388 g/mol. The lowest BCUT2D eigenvalue weighted by atomic mass is 10.0. The second-order valence-corrected chi connectivity index (χ2v) is 6.59. The predicted molar refractivity (Wildman–Crippen MR) is 104 cm³/mol. The summed E-state index contributed by atoms with van der Waals surface area (Å²) in [4.78, 5) is 22.1. The summed E-state index contributed by atoms with van der Waals surface area (Å²) < 4.78 is 11.0. The van der Waals surface area contributed by atoms with Crippen LogP contribution in [0.5, 0.6) is 5.75 Å². The number of nitro benzene ring substituents is 1. The minimum atomic E-state index is -0.455. The van der Waals surface area contributed by atoms with Crippen molar-refractivity contribution >= 4 is 28.3 Å². The van der Waals surface area contributed by atoms with Crippen LogP contribution in [0.2, 0.25) is 5.02 Å². The third-order valence-corrected chi connectivity index (χ3v) is 4.52. The third-order valence-electron chi connectivity index (χ3n) is 4.22. The molecule has 3 aromatic rings. The van der Waals surface area contributed by atoms with Gasteiger partial charge in [-0.2, -0.15) is 0 Å². The summed E-state index contributed by atoms with van der Waals surface area (Å²) in [6.45, 7) is 2.27. The topological polar surface area (TPSA) is 82.6 Å². The van der Waals surface area contributed by atoms with Gasteiger partial charge >= 0.3 is 5.63 Å². The van der Waals surface area contributed by atoms with Crippen LogP contribution in [0.1, 0.15) is 30.9 Å². The maximum absolute atomic E-state index is 11.8. The highest BCUT2D eigenvalue weighted by atomic mass is 35.5. The zero-order valence-corrected chi connectivity index (χ0v) is 15.5. The summed E-state index contributed by atoms with van der Waals surface area (Å²) in [6.07, 6.45) is 2.76. The first-order valence-corrected chi connectivity index (χ1v) is 8.98. The van der Waals surface area contributed by atoms with Crippen LogP contribution < -0.4 is 10.4 Å². The van der Waals surface area contributed by atoms with Crippen molar-refractivity contribution in [3.05, 3.63) is 79.1 Å². The van der Waals surface area contributed by atoms with Crippen LogP contribution in [0.4, 0.5) is 5.69 Å². The molecule has 6 nitrogen and oxygen atoms in total. The fourth-order valence-electron chi connectivity index (χ4n) is 2.79. The van der Waals surface area contributed by atoms with Gasteiger partial charge in [0.25, 0.3) is 5.69 Å². The van der Waals surface area contributed by atoms with E-state index in [0.29, 0.717) is 16.4 Å². The Balaban J connectivity index is 1.85. The summed E-state index contributed by atoms with van der Waals surface area (Å²) in [5.74, 6) is 0.387. The molecular formula is C20H18ClNO5. The van der Waals surface area contributed by atoms with Gasteiger partial charge in [-0.3, -0.25) is 10.1 Å². The zero-order chi connectivity index (χ0) is 19.4. The van der Waals surface area contributed by atoms with E-state index in [-0.39, 0.29) is 12.3 Å². The van der Waals surface area contributed by atoms with Crippen molar-refractivity contribution in [2.24, 2.45) is 0 Å². The number of unbranched alkanes of at least 4 members (excludes halogenated alkanes) is 1. The van der Waals surface area contributed by atoms with Gasteiger partial charge in [-0.1, -0.05) is 24.9 Å². The lowest BCUT2D eigenvalue weighted by Gasteiger charge is -2.11. The van der Waals surface area contributed by atoms with Gasteiger partial charge in [-0.05, 0) is 42.2 Å². The van der Waals surface area contributed by atoms with E-state index in [9.17, 15) is 14.9 Å². The number of halogens is 1. The molecule has 2 aromatic carbocycles. The SMILES string of the molecule is CCCCc1cc(=O)oc2cc(OCc3ccc([N+](=O)[O-])cc3)c(Cl)cc12. The number of nitro groups is 1. The van der Waals surface area contributed by atoms with Crippen LogP contribution in [0.15, 0.2) is 51.7 Å². The van der Waals surface area contributed by atoms with Crippen LogP contribution in [0.25, 0.3) is 11.0 Å². The van der Waals surface area contributed by atoms with Crippen molar-refractivity contribution in [2.45, 2.75) is 32.8 Å². The van der Waals surface area contributed by atoms with E-state index in [1.54, 1.807) is 24.3 Å². The van der Waals surface area contributed by atoms with Crippen molar-refractivity contribution in [1.29, 1.82) is 0 Å². The maximum Gasteiger partial charge on any atom is 0.336 e. The smallest absolute Gasteiger partial charge is 0.336 e. The number of non-ortho nitro benzene ring substituents is 1. The highest BCUT2D eigenvalue weighted by molar-refractivity contribution is 6.32. The molecule has 0 amide bonds. The molecule has 0 unspecified atom stereocenters. The fourth-order valence-corrected chi connectivity index (χ4v) is 3.01. The van der Waals surface area contributed by atoms with E-state index in [4.69, 9.17) is 20.8 Å². The quantitative estimate of drug-likeness (QED) is 0.313. The molecule has 140 valence electrons. The Morgan fingerprint density at radius 1 is 1.19 bits per heavy atom. The first-order valence-electron chi connectivity index (χ1n) is 8.60. The number of aryl methyl sites for hydroxylation is 1. The Bertz CT molecular complexity index is 1030. The van der Waals surface area contributed by atoms with Crippen LogP contribution in [-0.4, -0.2) is 4.92 Å². The van der Waals surface area contributed by atoms with Crippen molar-refractivity contribution in [1.82, 2.24) is 0 Å². The minimum Gasteiger partial charge on any atom is -0.487 e. The summed E-state index contributed by atoms with van der Waals surface area (Å²) >= 11 is 6.35. The Labute approximate surface area is 160 Å². The summed E-state index contributed by atoms with van der Waals surface area (Å²) in [6, 6.07) is 10.9. The van der Waals surface area contributed by atoms with Gasteiger partial charge in [-0.15, -0.1) is 0 Å². The second kappa shape index (κ2) is 8.22. The number of fused-ring (bicyclic) bond motifs is 1. The van der Waals surface area contributed by atoms with Gasteiger partial charge in [-0.25, -0.2) is 4.79 Å². The van der Waals surface area contributed by atoms with Gasteiger partial charge in [0, 0.05) is 29.7 Å². The van der Waals surface area contributed by atoms with Crippen molar-refractivity contribution in [3.63, 3.8) is 0 Å². The number of nitrogens with zero attached hydrogens (tertiary/aromatic N) is 1. The molecule has 0 saturated carbocycles. The molecule has 1 aromatic heterocycles. The molecule has 1 heterocycles. The molecule has 0 fully saturated rings. The summed E-state index contributed by atoms with van der Waals surface area (Å²) in [5.41, 5.74) is 1.71. The number of hydrogen-bond acceptors (Lipinski definition) is 5. The first-order chi connectivity index (χ1) is 13.0. The zero-order valence-electron chi connectivity index (χ0n) is 14.7. The Morgan fingerprint density at radius 3 is 2.59 bits per heavy atom. The molecule has 3 rings (SSSR count). The number of rotatable bonds is 7. The Hall–Kier alpha value is -2.86. The van der Waals surface area contributed by atoms with Crippen LogP contribution in [0.3, 0.4) is 0 Å². The molecule has 0 radical (unpaired) electrons. The Morgan fingerprint density at radius 2 is 1.93 bits per heavy atom. The van der Waals surface area contributed by atoms with E-state index < -0.39 is 10.5 Å². The largest absolute Gasteiger partial charge is 0.487 e. The molecule has 0 aliphatic heterocycles. The van der Waals surface area contributed by atoms with Crippen molar-refractivity contribution in [3.8, 4) is 5.75 Å². The van der Waals surface area contributed by atoms with E-state index in [1.165, 1.54) is 18.2 Å². The highest BCUT2D eigenvalue weighted by Crippen LogP contribution is 2.32. The predicted octanol–water partition coefficient (Wildman–Crippen LogP) is 5.28. The van der Waals surface area contributed by atoms with E-state index in [0.717, 1.165) is 35.8 Å². The molecule has 27 heavy (non-hydrogen) atoms. The van der Waals surface area contributed by atoms with E-state index in [2.05, 4.69) is 6.92 Å². The van der Waals surface area contributed by atoms with E-state index >= 15 is 0 Å². The molecule has 0 saturated heterocycles. The fraction of sp³-hybridized carbons (Fsp3) is 0.250. The number of ether oxygens (including phenoxy) is 1. The third kappa shape index (κ3) is 4.46. The molecule has 0 spiro atoms. The van der Waals surface area contributed by atoms with E-state index in [1.807, 2.05) is 0 Å². The van der Waals surface area contributed by atoms with Crippen LogP contribution >= 0.6 is 11.6 Å². The monoisotopic (exact) mass is 387 g/mol. The summed E-state index contributed by atoms with van der Waals surface area (Å²) in [5, 5.41) is 11.9. The molecular weight excluding hydrogens is 370 g/mol. The molecule has 7 heteroatoms. The molecule has 0 N–H and O–H groups in total. The standard InChI is InChI=1S/C20H18ClNO5/c1-2-3-4-14-9-20(23)27-18-11-19(17(21)10-16(14)18)26-12-13-5-7-15(8-6-13)22(24)25/h5-11H,2-4,12H2,1H3. The highest BCUT2D eigenvalue weighted by Gasteiger charge is 2.12. The second-order valence-electron chi connectivity index (χ2n) is 6.19. The number of benzene rings is 2. The molecule has 0 atom stereocenters. The molecule has 0 aliphatic rings. The normalized spacial score (nSPS) is 10.9. The van der Waals surface area contributed by atoms with Crippen molar-refractivity contribution in [2.75, 3.05) is 0 Å². The van der Waals surface area contributed by atoms with Gasteiger partial charge in [0.05, 0.1) is 9.95 Å². The Kier molecular flexibility index (Phi) is 5.76. The maximum atomic E-state index is 11.8. The van der Waals surface area contributed by atoms with Gasteiger partial charge in [0.15, 0.2) is 0 Å².